The topological polar surface area (TPSA) is 72.7 Å². The Bertz CT molecular complexity index is 1110. The van der Waals surface area contributed by atoms with Crippen LogP contribution >= 0.6 is 0 Å². The first-order valence-corrected chi connectivity index (χ1v) is 9.01. The summed E-state index contributed by atoms with van der Waals surface area (Å²) in [6.45, 7) is 2.49. The first kappa shape index (κ1) is 16.8. The van der Waals surface area contributed by atoms with Crippen LogP contribution < -0.4 is 11.2 Å². The molecular weight excluding hydrogens is 335 g/mol. The van der Waals surface area contributed by atoms with Gasteiger partial charge in [0.1, 0.15) is 11.6 Å². The lowest BCUT2D eigenvalue weighted by Gasteiger charge is -2.07. The van der Waals surface area contributed by atoms with Crippen molar-refractivity contribution < 1.29 is 4.39 Å². The van der Waals surface area contributed by atoms with E-state index in [4.69, 9.17) is 0 Å². The number of nitrogens with one attached hydrogen (secondary N) is 1. The van der Waals surface area contributed by atoms with Crippen LogP contribution in [0.1, 0.15) is 44.1 Å². The summed E-state index contributed by atoms with van der Waals surface area (Å²) in [6.07, 6.45) is 3.70. The number of rotatable bonds is 5. The van der Waals surface area contributed by atoms with Gasteiger partial charge in [0.05, 0.1) is 5.56 Å². The first-order valence-electron chi connectivity index (χ1n) is 9.01. The van der Waals surface area contributed by atoms with Crippen LogP contribution in [-0.4, -0.2) is 19.1 Å². The third-order valence-electron chi connectivity index (χ3n) is 5.04. The van der Waals surface area contributed by atoms with E-state index in [-0.39, 0.29) is 17.3 Å². The predicted molar refractivity (Wildman–Crippen MR) is 97.9 cm³/mol. The highest BCUT2D eigenvalue weighted by Crippen LogP contribution is 2.42. The molecule has 2 aromatic heterocycles. The van der Waals surface area contributed by atoms with Gasteiger partial charge in [-0.25, -0.2) is 14.2 Å². The van der Waals surface area contributed by atoms with Gasteiger partial charge >= 0.3 is 5.69 Å². The monoisotopic (exact) mass is 356 g/mol. The number of H-pyrrole nitrogens is 1. The van der Waals surface area contributed by atoms with Crippen molar-refractivity contribution in [2.45, 2.75) is 45.1 Å². The van der Waals surface area contributed by atoms with Crippen LogP contribution in [0.15, 0.2) is 27.8 Å². The molecule has 0 aliphatic heterocycles. The van der Waals surface area contributed by atoms with Gasteiger partial charge in [-0.3, -0.25) is 14.3 Å². The van der Waals surface area contributed by atoms with Gasteiger partial charge in [-0.05, 0) is 36.8 Å². The molecule has 0 amide bonds. The summed E-state index contributed by atoms with van der Waals surface area (Å²) < 4.78 is 18.1. The number of hydrogen-bond donors (Lipinski definition) is 1. The fourth-order valence-corrected chi connectivity index (χ4v) is 3.44. The maximum atomic E-state index is 15.0. The van der Waals surface area contributed by atoms with Crippen molar-refractivity contribution in [3.8, 4) is 11.4 Å². The molecule has 0 atom stereocenters. The van der Waals surface area contributed by atoms with Crippen LogP contribution in [0.3, 0.4) is 0 Å². The van der Waals surface area contributed by atoms with Crippen LogP contribution in [-0.2, 0) is 13.6 Å². The Morgan fingerprint density at radius 3 is 2.77 bits per heavy atom. The SMILES string of the molecule is CCCCn1c(=O)[nH]c(=O)c2c1nc(-c1cccc(C3CC3)c1F)n2C. The minimum atomic E-state index is -0.502. The second-order valence-electron chi connectivity index (χ2n) is 6.91. The molecule has 1 saturated carbocycles. The Kier molecular flexibility index (Phi) is 4.01. The summed E-state index contributed by atoms with van der Waals surface area (Å²) in [5.41, 5.74) is 0.673. The van der Waals surface area contributed by atoms with Crippen molar-refractivity contribution in [3.05, 3.63) is 50.4 Å². The normalized spacial score (nSPS) is 14.3. The summed E-state index contributed by atoms with van der Waals surface area (Å²) in [5.74, 6) is 0.351. The highest BCUT2D eigenvalue weighted by molar-refractivity contribution is 5.77. The molecule has 1 aliphatic carbocycles. The molecule has 3 aromatic rings. The molecule has 0 saturated heterocycles. The van der Waals surface area contributed by atoms with Crippen LogP contribution in [0.4, 0.5) is 4.39 Å². The van der Waals surface area contributed by atoms with Crippen molar-refractivity contribution in [1.29, 1.82) is 0 Å². The van der Waals surface area contributed by atoms with E-state index in [1.165, 1.54) is 4.57 Å². The van der Waals surface area contributed by atoms with Crippen LogP contribution in [0.25, 0.3) is 22.6 Å². The zero-order chi connectivity index (χ0) is 18.4. The quantitative estimate of drug-likeness (QED) is 0.764. The molecule has 1 N–H and O–H groups in total. The van der Waals surface area contributed by atoms with E-state index in [2.05, 4.69) is 9.97 Å². The van der Waals surface area contributed by atoms with E-state index < -0.39 is 11.2 Å². The van der Waals surface area contributed by atoms with Crippen molar-refractivity contribution in [3.63, 3.8) is 0 Å². The van der Waals surface area contributed by atoms with Crippen LogP contribution in [0.5, 0.6) is 0 Å². The lowest BCUT2D eigenvalue weighted by atomic mass is 10.1. The van der Waals surface area contributed by atoms with E-state index in [9.17, 15) is 9.59 Å². The summed E-state index contributed by atoms with van der Waals surface area (Å²) >= 11 is 0. The zero-order valence-corrected chi connectivity index (χ0v) is 14.9. The molecule has 4 rings (SSSR count). The van der Waals surface area contributed by atoms with Crippen molar-refractivity contribution in [1.82, 2.24) is 19.1 Å². The van der Waals surface area contributed by atoms with Crippen LogP contribution in [0.2, 0.25) is 0 Å². The molecule has 2 heterocycles. The lowest BCUT2D eigenvalue weighted by molar-refractivity contribution is 0.611. The largest absolute Gasteiger partial charge is 0.330 e. The van der Waals surface area contributed by atoms with E-state index in [1.807, 2.05) is 19.1 Å². The van der Waals surface area contributed by atoms with Gasteiger partial charge in [0.25, 0.3) is 5.56 Å². The molecular formula is C19H21FN4O2. The molecule has 26 heavy (non-hydrogen) atoms. The Morgan fingerprint density at radius 2 is 2.08 bits per heavy atom. The van der Waals surface area contributed by atoms with Gasteiger partial charge in [0, 0.05) is 13.6 Å². The summed E-state index contributed by atoms with van der Waals surface area (Å²) in [4.78, 5) is 31.4. The predicted octanol–water partition coefficient (Wildman–Crippen LogP) is 2.91. The average molecular weight is 356 g/mol. The number of imidazole rings is 1. The standard InChI is InChI=1S/C19H21FN4O2/c1-3-4-10-24-17-15(18(25)22-19(24)26)23(2)16(21-17)13-7-5-6-12(14(13)20)11-8-9-11/h5-7,11H,3-4,8-10H2,1-2H3,(H,22,25,26). The lowest BCUT2D eigenvalue weighted by Crippen LogP contribution is -2.31. The molecule has 7 heteroatoms. The molecule has 136 valence electrons. The van der Waals surface area contributed by atoms with Gasteiger partial charge in [-0.1, -0.05) is 25.5 Å². The van der Waals surface area contributed by atoms with Crippen LogP contribution in [0, 0.1) is 5.82 Å². The number of nitrogens with zero attached hydrogens (tertiary/aromatic N) is 3. The maximum Gasteiger partial charge on any atom is 0.330 e. The fraction of sp³-hybridized carbons (Fsp3) is 0.421. The third-order valence-corrected chi connectivity index (χ3v) is 5.04. The Balaban J connectivity index is 1.96. The van der Waals surface area contributed by atoms with Crippen molar-refractivity contribution in [2.24, 2.45) is 7.05 Å². The number of benzene rings is 1. The molecule has 0 unspecified atom stereocenters. The molecule has 1 aliphatic rings. The maximum absolute atomic E-state index is 15.0. The zero-order valence-electron chi connectivity index (χ0n) is 14.9. The van der Waals surface area contributed by atoms with E-state index >= 15 is 4.39 Å². The number of halogens is 1. The molecule has 0 spiro atoms. The second kappa shape index (κ2) is 6.23. The van der Waals surface area contributed by atoms with Gasteiger partial charge in [-0.2, -0.15) is 0 Å². The smallest absolute Gasteiger partial charge is 0.321 e. The minimum Gasteiger partial charge on any atom is -0.321 e. The first-order chi connectivity index (χ1) is 12.5. The summed E-state index contributed by atoms with van der Waals surface area (Å²) in [7, 11) is 1.68. The summed E-state index contributed by atoms with van der Waals surface area (Å²) in [5, 5.41) is 0. The number of unbranched alkanes of at least 4 members (excludes halogenated alkanes) is 1. The van der Waals surface area contributed by atoms with Gasteiger partial charge in [0.2, 0.25) is 0 Å². The highest BCUT2D eigenvalue weighted by atomic mass is 19.1. The second-order valence-corrected chi connectivity index (χ2v) is 6.91. The Labute approximate surface area is 149 Å². The average Bonchev–Trinajstić information content (AvgIpc) is 3.38. The number of aromatic nitrogens is 4. The third kappa shape index (κ3) is 2.58. The van der Waals surface area contributed by atoms with Gasteiger partial charge in [0.15, 0.2) is 11.2 Å². The number of aromatic amines is 1. The van der Waals surface area contributed by atoms with Gasteiger partial charge < -0.3 is 4.57 Å². The highest BCUT2D eigenvalue weighted by Gasteiger charge is 2.29. The summed E-state index contributed by atoms with van der Waals surface area (Å²) in [6, 6.07) is 5.30. The molecule has 0 bridgehead atoms. The Morgan fingerprint density at radius 1 is 1.31 bits per heavy atom. The minimum absolute atomic E-state index is 0.274. The van der Waals surface area contributed by atoms with E-state index in [0.29, 0.717) is 29.1 Å². The number of hydrogen-bond acceptors (Lipinski definition) is 3. The van der Waals surface area contributed by atoms with Crippen molar-refractivity contribution in [2.75, 3.05) is 0 Å². The number of aryl methyl sites for hydroxylation is 2. The molecule has 1 aromatic carbocycles. The fourth-order valence-electron chi connectivity index (χ4n) is 3.44. The van der Waals surface area contributed by atoms with Crippen molar-refractivity contribution >= 4 is 11.2 Å². The van der Waals surface area contributed by atoms with E-state index in [1.54, 1.807) is 17.7 Å². The Hall–Kier alpha value is -2.70. The number of fused-ring (bicyclic) bond motifs is 1. The molecule has 1 fully saturated rings. The molecule has 0 radical (unpaired) electrons. The molecule has 6 nitrogen and oxygen atoms in total. The van der Waals surface area contributed by atoms with Gasteiger partial charge in [-0.15, -0.1) is 0 Å². The van der Waals surface area contributed by atoms with E-state index in [0.717, 1.165) is 25.7 Å².